The first-order valence-corrected chi connectivity index (χ1v) is 26.7. The molecule has 22 nitrogen and oxygen atoms in total. The molecule has 6 aliphatic heterocycles. The van der Waals surface area contributed by atoms with E-state index < -0.39 is 149 Å². The molecule has 0 amide bonds. The van der Waals surface area contributed by atoms with Gasteiger partial charge in [0.2, 0.25) is 0 Å². The van der Waals surface area contributed by atoms with Gasteiger partial charge in [-0.15, -0.1) is 0 Å². The highest BCUT2D eigenvalue weighted by molar-refractivity contribution is 5.15. The topological polar surface area (TPSA) is 335 Å². The second-order valence-corrected chi connectivity index (χ2v) is 23.9. The first-order valence-electron chi connectivity index (χ1n) is 26.7. The minimum atomic E-state index is -2.00. The van der Waals surface area contributed by atoms with Gasteiger partial charge in [0.05, 0.1) is 45.2 Å². The maximum atomic E-state index is 11.8. The molecule has 10 aliphatic rings. The van der Waals surface area contributed by atoms with Crippen molar-refractivity contribution in [1.29, 1.82) is 0 Å². The summed E-state index contributed by atoms with van der Waals surface area (Å²) >= 11 is 0. The minimum absolute atomic E-state index is 0.0916. The molecule has 31 atom stereocenters. The quantitative estimate of drug-likeness (QED) is 0.0971. The third-order valence-corrected chi connectivity index (χ3v) is 20.0. The van der Waals surface area contributed by atoms with Crippen LogP contribution < -0.4 is 0 Å². The van der Waals surface area contributed by atoms with E-state index in [0.717, 1.165) is 51.6 Å². The number of rotatable bonds is 11. The summed E-state index contributed by atoms with van der Waals surface area (Å²) in [6, 6.07) is 0. The van der Waals surface area contributed by atoms with Gasteiger partial charge in [-0.3, -0.25) is 0 Å². The van der Waals surface area contributed by atoms with Crippen LogP contribution in [0.2, 0.25) is 0 Å². The lowest BCUT2D eigenvalue weighted by molar-refractivity contribution is -0.404. The van der Waals surface area contributed by atoms with E-state index in [-0.39, 0.29) is 23.0 Å². The number of aliphatic hydroxyl groups is 12. The zero-order chi connectivity index (χ0) is 51.3. The third kappa shape index (κ3) is 9.26. The van der Waals surface area contributed by atoms with Gasteiger partial charge in [-0.2, -0.15) is 0 Å². The van der Waals surface area contributed by atoms with E-state index in [1.54, 1.807) is 0 Å². The first kappa shape index (κ1) is 54.5. The highest BCUT2D eigenvalue weighted by Gasteiger charge is 2.69. The van der Waals surface area contributed by atoms with Crippen molar-refractivity contribution in [2.75, 3.05) is 33.0 Å². The zero-order valence-corrected chi connectivity index (χ0v) is 41.7. The molecule has 0 aromatic carbocycles. The summed E-state index contributed by atoms with van der Waals surface area (Å²) in [7, 11) is 0. The molecule has 22 heteroatoms. The Morgan fingerprint density at radius 1 is 0.514 bits per heavy atom. The van der Waals surface area contributed by atoms with Gasteiger partial charge in [0.15, 0.2) is 30.9 Å². The highest BCUT2D eigenvalue weighted by atomic mass is 16.8. The summed E-state index contributed by atoms with van der Waals surface area (Å²) in [5, 5.41) is 129. The van der Waals surface area contributed by atoms with Gasteiger partial charge in [-0.05, 0) is 104 Å². The van der Waals surface area contributed by atoms with E-state index >= 15 is 0 Å². The Morgan fingerprint density at radius 3 is 1.85 bits per heavy atom. The predicted octanol–water partition coefficient (Wildman–Crippen LogP) is -2.27. The molecule has 72 heavy (non-hydrogen) atoms. The number of aliphatic hydroxyl groups excluding tert-OH is 12. The average molecular weight is 1040 g/mol. The molecule has 1 spiro atoms. The van der Waals surface area contributed by atoms with Crippen molar-refractivity contribution in [2.24, 2.45) is 52.3 Å². The van der Waals surface area contributed by atoms with Gasteiger partial charge in [-0.25, -0.2) is 0 Å². The lowest BCUT2D eigenvalue weighted by Crippen LogP contribution is -2.68. The fourth-order valence-corrected chi connectivity index (χ4v) is 15.9. The van der Waals surface area contributed by atoms with Crippen LogP contribution in [0.4, 0.5) is 0 Å². The summed E-state index contributed by atoms with van der Waals surface area (Å²) in [5.74, 6) is 3.06. The van der Waals surface area contributed by atoms with Gasteiger partial charge < -0.3 is 109 Å². The van der Waals surface area contributed by atoms with E-state index in [4.69, 9.17) is 47.4 Å². The van der Waals surface area contributed by atoms with Crippen LogP contribution in [0.3, 0.4) is 0 Å². The maximum Gasteiger partial charge on any atom is 0.187 e. The summed E-state index contributed by atoms with van der Waals surface area (Å²) in [6.07, 6.45) is -22.9. The molecule has 4 saturated carbocycles. The van der Waals surface area contributed by atoms with E-state index in [2.05, 4.69) is 27.7 Å². The Bertz CT molecular complexity index is 1830. The lowest BCUT2D eigenvalue weighted by atomic mass is 9.44. The normalized spacial score (nSPS) is 57.8. The van der Waals surface area contributed by atoms with Gasteiger partial charge >= 0.3 is 0 Å². The monoisotopic (exact) mass is 1030 g/mol. The van der Waals surface area contributed by atoms with Crippen molar-refractivity contribution in [3.63, 3.8) is 0 Å². The second-order valence-electron chi connectivity index (χ2n) is 23.9. The fraction of sp³-hybridized carbons (Fsp3) is 1.00. The Labute approximate surface area is 419 Å². The van der Waals surface area contributed by atoms with Gasteiger partial charge in [0, 0.05) is 12.3 Å². The van der Waals surface area contributed by atoms with Crippen molar-refractivity contribution in [1.82, 2.24) is 0 Å². The van der Waals surface area contributed by atoms with Gasteiger partial charge in [-0.1, -0.05) is 27.7 Å². The molecular weight excluding hydrogens is 953 g/mol. The average Bonchev–Trinajstić information content (AvgIpc) is 3.82. The summed E-state index contributed by atoms with van der Waals surface area (Å²) in [4.78, 5) is 0. The van der Waals surface area contributed by atoms with Crippen molar-refractivity contribution in [3.05, 3.63) is 0 Å². The van der Waals surface area contributed by atoms with Crippen LogP contribution in [0.25, 0.3) is 0 Å². The van der Waals surface area contributed by atoms with Crippen LogP contribution in [0.1, 0.15) is 91.9 Å². The Morgan fingerprint density at radius 2 is 1.14 bits per heavy atom. The van der Waals surface area contributed by atoms with E-state index in [0.29, 0.717) is 47.8 Å². The summed E-state index contributed by atoms with van der Waals surface area (Å²) < 4.78 is 61.4. The molecule has 12 N–H and O–H groups in total. The number of hydrogen-bond acceptors (Lipinski definition) is 22. The molecule has 0 aromatic rings. The SMILES string of the molecule is C[C@@H]1CC[C@@]2(OC1)O[C@H]1C[C@H]3[C@@H]4CC[C@H]5C[C@@H](O[C@@H]6O[C@H](CO)[C@H](O[C@@H]7O[C@H](CO)[C@@H](O)[C@H](O[C@@H]8OC[C@@H](O)[C@H](O)[C@H]8O)[C@H]7O[C@@H]7O[C@H](CO)[C@@H](O)[C@H](O)[C@H]7O)[C@H](O)[C@H]6O)CC[C@]5(C)[C@H]4CC[C@]3(C)[C@H]1[C@@H]2C. The van der Waals surface area contributed by atoms with E-state index in [1.807, 2.05) is 0 Å². The van der Waals surface area contributed by atoms with Crippen LogP contribution in [0.15, 0.2) is 0 Å². The molecule has 10 rings (SSSR count). The molecule has 4 aliphatic carbocycles. The van der Waals surface area contributed by atoms with E-state index in [9.17, 15) is 61.3 Å². The second kappa shape index (κ2) is 21.1. The molecule has 0 bridgehead atoms. The van der Waals surface area contributed by atoms with Crippen molar-refractivity contribution in [2.45, 2.75) is 227 Å². The van der Waals surface area contributed by atoms with Crippen LogP contribution in [0.5, 0.6) is 0 Å². The summed E-state index contributed by atoms with van der Waals surface area (Å²) in [6.45, 7) is 7.42. The maximum absolute atomic E-state index is 11.8. The Hall–Kier alpha value is -0.880. The fourth-order valence-electron chi connectivity index (χ4n) is 15.9. The van der Waals surface area contributed by atoms with Crippen LogP contribution in [-0.4, -0.2) is 229 Å². The lowest BCUT2D eigenvalue weighted by Gasteiger charge is -2.61. The van der Waals surface area contributed by atoms with Crippen LogP contribution >= 0.6 is 0 Å². The Balaban J connectivity index is 0.812. The van der Waals surface area contributed by atoms with Crippen LogP contribution in [-0.2, 0) is 47.4 Å². The van der Waals surface area contributed by atoms with Crippen molar-refractivity contribution in [3.8, 4) is 0 Å². The summed E-state index contributed by atoms with van der Waals surface area (Å²) in [5.41, 5.74) is 0.293. The largest absolute Gasteiger partial charge is 0.394 e. The molecule has 0 unspecified atom stereocenters. The molecule has 414 valence electrons. The standard InChI is InChI=1S/C50H82O22/c1-20-7-12-50(64-18-20)21(2)32-28(72-50)14-26-24-6-5-22-13-23(8-10-48(22,3)25(24)9-11-49(26,32)4)65-45-40(62)37(59)41(31(17-53)68-45)69-47-43(71-46-39(61)36(58)34(56)29(15-51)66-46)42(35(57)30(16-52)67-47)70-44-38(60)33(55)27(54)19-63-44/h20-47,51-62H,5-19H2,1-4H3/t20-,21+,22+,23+,24-,25+,26+,27-,28+,29-,30-,31-,32+,33+,34-,35-,36+,37-,38-,39-,40-,41+,42+,43-,44+,45-,46+,47+,48+,49+,50-/m1/s1. The number of fused-ring (bicyclic) bond motifs is 7. The molecule has 6 heterocycles. The minimum Gasteiger partial charge on any atom is -0.394 e. The molecular formula is C50H82O22. The van der Waals surface area contributed by atoms with Gasteiger partial charge in [0.1, 0.15) is 91.6 Å². The molecule has 0 aromatic heterocycles. The third-order valence-electron chi connectivity index (χ3n) is 20.0. The van der Waals surface area contributed by atoms with E-state index in [1.165, 1.54) is 12.8 Å². The number of ether oxygens (including phenoxy) is 10. The van der Waals surface area contributed by atoms with Crippen molar-refractivity contribution >= 4 is 0 Å². The van der Waals surface area contributed by atoms with Crippen molar-refractivity contribution < 1.29 is 109 Å². The van der Waals surface area contributed by atoms with Gasteiger partial charge in [0.25, 0.3) is 0 Å². The molecule has 0 radical (unpaired) electrons. The zero-order valence-electron chi connectivity index (χ0n) is 41.7. The molecule has 10 fully saturated rings. The van der Waals surface area contributed by atoms with Crippen LogP contribution in [0, 0.1) is 52.3 Å². The first-order chi connectivity index (χ1) is 34.3. The predicted molar refractivity (Wildman–Crippen MR) is 242 cm³/mol. The molecule has 6 saturated heterocycles. The number of hydrogen-bond donors (Lipinski definition) is 12. The Kier molecular flexibility index (Phi) is 15.9. The smallest absolute Gasteiger partial charge is 0.187 e. The highest BCUT2D eigenvalue weighted by Crippen LogP contribution is 2.71.